The molecular formula is C23H24N2O5. The van der Waals surface area contributed by atoms with Crippen molar-refractivity contribution in [3.8, 4) is 17.2 Å². The summed E-state index contributed by atoms with van der Waals surface area (Å²) in [5.41, 5.74) is 3.45. The summed E-state index contributed by atoms with van der Waals surface area (Å²) in [6, 6.07) is 8.92. The number of amides is 1. The first-order valence-corrected chi connectivity index (χ1v) is 9.30. The summed E-state index contributed by atoms with van der Waals surface area (Å²) in [5, 5.41) is 3.75. The fourth-order valence-electron chi connectivity index (χ4n) is 3.19. The van der Waals surface area contributed by atoms with E-state index in [0.717, 1.165) is 10.9 Å². The van der Waals surface area contributed by atoms with Gasteiger partial charge in [0.25, 0.3) is 5.56 Å². The molecule has 0 aliphatic rings. The third-order valence-corrected chi connectivity index (χ3v) is 4.96. The van der Waals surface area contributed by atoms with Crippen LogP contribution in [0.2, 0.25) is 0 Å². The fourth-order valence-corrected chi connectivity index (χ4v) is 3.19. The van der Waals surface area contributed by atoms with Crippen molar-refractivity contribution in [1.29, 1.82) is 0 Å². The average molecular weight is 408 g/mol. The van der Waals surface area contributed by atoms with Gasteiger partial charge in [-0.1, -0.05) is 6.07 Å². The molecule has 0 unspecified atom stereocenters. The van der Waals surface area contributed by atoms with Crippen LogP contribution in [0.3, 0.4) is 0 Å². The van der Waals surface area contributed by atoms with Gasteiger partial charge in [-0.05, 0) is 55.3 Å². The molecular weight excluding hydrogens is 384 g/mol. The first-order valence-electron chi connectivity index (χ1n) is 9.30. The highest BCUT2D eigenvalue weighted by Gasteiger charge is 2.12. The van der Waals surface area contributed by atoms with Crippen LogP contribution in [0.1, 0.15) is 16.7 Å². The number of benzene rings is 2. The number of carbonyl (C=O) groups is 1. The topological polar surface area (TPSA) is 89.7 Å². The van der Waals surface area contributed by atoms with E-state index in [1.807, 2.05) is 13.0 Å². The molecule has 0 radical (unpaired) electrons. The largest absolute Gasteiger partial charge is 0.493 e. The third-order valence-electron chi connectivity index (χ3n) is 4.96. The van der Waals surface area contributed by atoms with Gasteiger partial charge in [0.15, 0.2) is 11.5 Å². The number of pyridine rings is 1. The number of nitrogens with one attached hydrogen (secondary N) is 2. The van der Waals surface area contributed by atoms with Crippen LogP contribution in [0.15, 0.2) is 41.2 Å². The van der Waals surface area contributed by atoms with Gasteiger partial charge in [-0.3, -0.25) is 9.59 Å². The second kappa shape index (κ2) is 8.73. The number of aryl methyl sites for hydroxylation is 1. The minimum Gasteiger partial charge on any atom is -0.493 e. The Hall–Kier alpha value is -3.74. The molecule has 2 N–H and O–H groups in total. The van der Waals surface area contributed by atoms with E-state index in [1.165, 1.54) is 27.4 Å². The Balaban J connectivity index is 1.82. The summed E-state index contributed by atoms with van der Waals surface area (Å²) < 4.78 is 15.9. The molecule has 1 heterocycles. The Bertz CT molecular complexity index is 1170. The summed E-state index contributed by atoms with van der Waals surface area (Å²) in [4.78, 5) is 27.2. The van der Waals surface area contributed by atoms with E-state index in [1.54, 1.807) is 37.3 Å². The van der Waals surface area contributed by atoms with Gasteiger partial charge < -0.3 is 24.5 Å². The maximum Gasteiger partial charge on any atom is 0.251 e. The second-order valence-electron chi connectivity index (χ2n) is 6.75. The Labute approximate surface area is 174 Å². The minimum absolute atomic E-state index is 0.134. The van der Waals surface area contributed by atoms with Gasteiger partial charge in [0.2, 0.25) is 11.7 Å². The molecule has 7 nitrogen and oxygen atoms in total. The van der Waals surface area contributed by atoms with Gasteiger partial charge in [-0.2, -0.15) is 0 Å². The molecule has 0 spiro atoms. The number of hydrogen-bond donors (Lipinski definition) is 2. The Morgan fingerprint density at radius 1 is 0.967 bits per heavy atom. The van der Waals surface area contributed by atoms with Gasteiger partial charge >= 0.3 is 0 Å². The predicted molar refractivity (Wildman–Crippen MR) is 118 cm³/mol. The highest BCUT2D eigenvalue weighted by Crippen LogP contribution is 2.38. The molecule has 30 heavy (non-hydrogen) atoms. The molecule has 3 aromatic rings. The number of hydrogen-bond acceptors (Lipinski definition) is 5. The molecule has 1 aromatic heterocycles. The number of rotatable bonds is 6. The van der Waals surface area contributed by atoms with Gasteiger partial charge in [-0.25, -0.2) is 0 Å². The molecule has 7 heteroatoms. The smallest absolute Gasteiger partial charge is 0.251 e. The Morgan fingerprint density at radius 3 is 2.23 bits per heavy atom. The van der Waals surface area contributed by atoms with Crippen molar-refractivity contribution in [3.05, 3.63) is 63.5 Å². The van der Waals surface area contributed by atoms with E-state index >= 15 is 0 Å². The lowest BCUT2D eigenvalue weighted by molar-refractivity contribution is -0.111. The molecule has 0 saturated heterocycles. The minimum atomic E-state index is -0.311. The number of methoxy groups -OCH3 is 3. The average Bonchev–Trinajstić information content (AvgIpc) is 2.75. The molecule has 0 atom stereocenters. The summed E-state index contributed by atoms with van der Waals surface area (Å²) in [6.07, 6.45) is 3.06. The van der Waals surface area contributed by atoms with Gasteiger partial charge in [0.05, 0.1) is 26.8 Å². The van der Waals surface area contributed by atoms with E-state index in [0.29, 0.717) is 39.6 Å². The van der Waals surface area contributed by atoms with Gasteiger partial charge in [-0.15, -0.1) is 0 Å². The van der Waals surface area contributed by atoms with E-state index in [-0.39, 0.29) is 11.5 Å². The number of H-pyrrole nitrogens is 1. The maximum absolute atomic E-state index is 12.4. The fraction of sp³-hybridized carbons (Fsp3) is 0.217. The highest BCUT2D eigenvalue weighted by molar-refractivity contribution is 6.03. The predicted octanol–water partition coefficient (Wildman–Crippen LogP) is 3.82. The molecule has 0 bridgehead atoms. The molecule has 2 aromatic carbocycles. The van der Waals surface area contributed by atoms with Crippen LogP contribution in [-0.2, 0) is 4.79 Å². The van der Waals surface area contributed by atoms with Crippen LogP contribution in [0.5, 0.6) is 17.2 Å². The monoisotopic (exact) mass is 408 g/mol. The zero-order valence-electron chi connectivity index (χ0n) is 17.6. The van der Waals surface area contributed by atoms with Crippen molar-refractivity contribution in [2.75, 3.05) is 26.6 Å². The maximum atomic E-state index is 12.4. The van der Waals surface area contributed by atoms with E-state index in [4.69, 9.17) is 14.2 Å². The molecule has 0 saturated carbocycles. The molecule has 156 valence electrons. The van der Waals surface area contributed by atoms with Crippen molar-refractivity contribution in [3.63, 3.8) is 0 Å². The Kier molecular flexibility index (Phi) is 6.11. The van der Waals surface area contributed by atoms with Crippen molar-refractivity contribution in [2.24, 2.45) is 0 Å². The lowest BCUT2D eigenvalue weighted by atomic mass is 10.1. The van der Waals surface area contributed by atoms with E-state index < -0.39 is 0 Å². The number of aromatic amines is 1. The first-order chi connectivity index (χ1) is 14.4. The van der Waals surface area contributed by atoms with Crippen LogP contribution in [0.4, 0.5) is 5.69 Å². The first kappa shape index (κ1) is 21.0. The van der Waals surface area contributed by atoms with Crippen molar-refractivity contribution < 1.29 is 19.0 Å². The molecule has 0 fully saturated rings. The number of carbonyl (C=O) groups excluding carboxylic acids is 1. The summed E-state index contributed by atoms with van der Waals surface area (Å²) in [7, 11) is 4.60. The molecule has 0 aliphatic carbocycles. The second-order valence-corrected chi connectivity index (χ2v) is 6.75. The molecule has 0 aliphatic heterocycles. The zero-order chi connectivity index (χ0) is 21.8. The van der Waals surface area contributed by atoms with Crippen LogP contribution in [0.25, 0.3) is 17.0 Å². The lowest BCUT2D eigenvalue weighted by Gasteiger charge is -2.12. The standard InChI is InChI=1S/C23H24N2O5/c1-13-14(2)23(27)25-18-12-16(7-8-17(13)18)24-21(26)9-6-15-10-19(28-3)22(30-5)20(11-15)29-4/h6-12H,1-5H3,(H,24,26)(H,25,27)/b9-6+. The third kappa shape index (κ3) is 4.15. The Morgan fingerprint density at radius 2 is 1.63 bits per heavy atom. The highest BCUT2D eigenvalue weighted by atomic mass is 16.5. The summed E-state index contributed by atoms with van der Waals surface area (Å²) >= 11 is 0. The van der Waals surface area contributed by atoms with Crippen molar-refractivity contribution >= 4 is 28.6 Å². The molecule has 1 amide bonds. The summed E-state index contributed by atoms with van der Waals surface area (Å²) in [5.74, 6) is 1.17. The van der Waals surface area contributed by atoms with Crippen molar-refractivity contribution in [2.45, 2.75) is 13.8 Å². The van der Waals surface area contributed by atoms with E-state index in [9.17, 15) is 9.59 Å². The van der Waals surface area contributed by atoms with Crippen LogP contribution in [0, 0.1) is 13.8 Å². The normalized spacial score (nSPS) is 11.0. The SMILES string of the molecule is COc1cc(/C=C/C(=O)Nc2ccc3c(C)c(C)c(=O)[nH]c3c2)cc(OC)c1OC. The number of fused-ring (bicyclic) bond motifs is 1. The van der Waals surface area contributed by atoms with Gasteiger partial charge in [0, 0.05) is 22.7 Å². The molecule has 3 rings (SSSR count). The van der Waals surface area contributed by atoms with Crippen LogP contribution < -0.4 is 25.1 Å². The van der Waals surface area contributed by atoms with Gasteiger partial charge in [0.1, 0.15) is 0 Å². The van der Waals surface area contributed by atoms with Crippen LogP contribution >= 0.6 is 0 Å². The number of ether oxygens (including phenoxy) is 3. The number of anilines is 1. The summed E-state index contributed by atoms with van der Waals surface area (Å²) in [6.45, 7) is 3.70. The zero-order valence-corrected chi connectivity index (χ0v) is 17.6. The van der Waals surface area contributed by atoms with E-state index in [2.05, 4.69) is 10.3 Å². The number of aromatic nitrogens is 1. The van der Waals surface area contributed by atoms with Crippen molar-refractivity contribution in [1.82, 2.24) is 4.98 Å². The lowest BCUT2D eigenvalue weighted by Crippen LogP contribution is -2.12. The van der Waals surface area contributed by atoms with Crippen LogP contribution in [-0.4, -0.2) is 32.2 Å². The quantitative estimate of drug-likeness (QED) is 0.605.